The van der Waals surface area contributed by atoms with E-state index in [9.17, 15) is 9.59 Å². The molecule has 0 saturated carbocycles. The summed E-state index contributed by atoms with van der Waals surface area (Å²) in [5.74, 6) is -0.985. The van der Waals surface area contributed by atoms with Gasteiger partial charge in [0.2, 0.25) is 0 Å². The number of pyridine rings is 1. The second kappa shape index (κ2) is 6.05. The Morgan fingerprint density at radius 3 is 2.70 bits per heavy atom. The number of carboxylic acids is 1. The van der Waals surface area contributed by atoms with Crippen LogP contribution < -0.4 is 5.56 Å². The number of thiophene rings is 1. The zero-order chi connectivity index (χ0) is 14.7. The molecule has 0 aliphatic heterocycles. The SMILES string of the molecule is CCC(C)n1c(-c2cccs2)ccc(CC(=O)O)c1=O. The van der Waals surface area contributed by atoms with Crippen molar-refractivity contribution in [3.05, 3.63) is 45.6 Å². The van der Waals surface area contributed by atoms with Crippen LogP contribution in [0.3, 0.4) is 0 Å². The highest BCUT2D eigenvalue weighted by Crippen LogP contribution is 2.26. The molecule has 0 spiro atoms. The van der Waals surface area contributed by atoms with E-state index in [4.69, 9.17) is 5.11 Å². The lowest BCUT2D eigenvalue weighted by Crippen LogP contribution is -2.28. The van der Waals surface area contributed by atoms with Gasteiger partial charge in [-0.05, 0) is 30.9 Å². The molecular formula is C15H17NO3S. The van der Waals surface area contributed by atoms with Crippen molar-refractivity contribution in [2.24, 2.45) is 0 Å². The lowest BCUT2D eigenvalue weighted by Gasteiger charge is -2.19. The Bertz CT molecular complexity index is 658. The predicted octanol–water partition coefficient (Wildman–Crippen LogP) is 3.17. The molecular weight excluding hydrogens is 274 g/mol. The van der Waals surface area contributed by atoms with Crippen LogP contribution in [0.25, 0.3) is 10.6 Å². The monoisotopic (exact) mass is 291 g/mol. The first-order valence-corrected chi connectivity index (χ1v) is 7.42. The Morgan fingerprint density at radius 1 is 1.40 bits per heavy atom. The number of aromatic nitrogens is 1. The van der Waals surface area contributed by atoms with Crippen LogP contribution in [-0.4, -0.2) is 15.6 Å². The van der Waals surface area contributed by atoms with E-state index in [0.29, 0.717) is 5.56 Å². The summed E-state index contributed by atoms with van der Waals surface area (Å²) in [5, 5.41) is 10.8. The summed E-state index contributed by atoms with van der Waals surface area (Å²) in [5.41, 5.74) is 0.985. The van der Waals surface area contributed by atoms with E-state index in [-0.39, 0.29) is 18.0 Å². The summed E-state index contributed by atoms with van der Waals surface area (Å²) in [4.78, 5) is 24.4. The first kappa shape index (κ1) is 14.5. The number of nitrogens with zero attached hydrogens (tertiary/aromatic N) is 1. The number of carboxylic acid groups (broad SMARTS) is 1. The quantitative estimate of drug-likeness (QED) is 0.920. The van der Waals surface area contributed by atoms with E-state index in [2.05, 4.69) is 0 Å². The highest BCUT2D eigenvalue weighted by Gasteiger charge is 2.16. The fourth-order valence-corrected chi connectivity index (χ4v) is 2.89. The fraction of sp³-hybridized carbons (Fsp3) is 0.333. The summed E-state index contributed by atoms with van der Waals surface area (Å²) in [6, 6.07) is 7.42. The Hall–Kier alpha value is -1.88. The normalized spacial score (nSPS) is 12.3. The number of carbonyl (C=O) groups is 1. The molecule has 0 aliphatic rings. The van der Waals surface area contributed by atoms with Gasteiger partial charge in [0.25, 0.3) is 5.56 Å². The van der Waals surface area contributed by atoms with E-state index in [1.807, 2.05) is 37.4 Å². The van der Waals surface area contributed by atoms with Gasteiger partial charge in [0.1, 0.15) is 0 Å². The molecule has 0 radical (unpaired) electrons. The van der Waals surface area contributed by atoms with Crippen LogP contribution in [0.2, 0.25) is 0 Å². The molecule has 106 valence electrons. The topological polar surface area (TPSA) is 59.3 Å². The molecule has 0 saturated heterocycles. The molecule has 20 heavy (non-hydrogen) atoms. The lowest BCUT2D eigenvalue weighted by molar-refractivity contribution is -0.136. The highest BCUT2D eigenvalue weighted by molar-refractivity contribution is 7.13. The molecule has 2 rings (SSSR count). The third-order valence-electron chi connectivity index (χ3n) is 3.34. The van der Waals surface area contributed by atoms with Crippen LogP contribution in [0.1, 0.15) is 31.9 Å². The van der Waals surface area contributed by atoms with Gasteiger partial charge in [0.05, 0.1) is 17.0 Å². The third kappa shape index (κ3) is 2.82. The van der Waals surface area contributed by atoms with Crippen molar-refractivity contribution >= 4 is 17.3 Å². The van der Waals surface area contributed by atoms with Crippen molar-refractivity contribution in [1.29, 1.82) is 0 Å². The average Bonchev–Trinajstić information content (AvgIpc) is 2.93. The molecule has 2 aromatic rings. The standard InChI is InChI=1S/C15H17NO3S/c1-3-10(2)16-12(13-5-4-8-20-13)7-6-11(15(16)19)9-14(17)18/h4-8,10H,3,9H2,1-2H3,(H,17,18). The second-order valence-electron chi connectivity index (χ2n) is 4.72. The second-order valence-corrected chi connectivity index (χ2v) is 5.67. The van der Waals surface area contributed by atoms with Crippen LogP contribution >= 0.6 is 11.3 Å². The van der Waals surface area contributed by atoms with Crippen LogP contribution in [0, 0.1) is 0 Å². The van der Waals surface area contributed by atoms with Gasteiger partial charge in [-0.15, -0.1) is 11.3 Å². The molecule has 5 heteroatoms. The number of hydrogen-bond donors (Lipinski definition) is 1. The minimum Gasteiger partial charge on any atom is -0.481 e. The minimum atomic E-state index is -0.985. The summed E-state index contributed by atoms with van der Waals surface area (Å²) in [6.45, 7) is 3.99. The Balaban J connectivity index is 2.62. The van der Waals surface area contributed by atoms with Gasteiger partial charge >= 0.3 is 5.97 Å². The van der Waals surface area contributed by atoms with Gasteiger partial charge in [0.15, 0.2) is 0 Å². The fourth-order valence-electron chi connectivity index (χ4n) is 2.14. The molecule has 2 aromatic heterocycles. The van der Waals surface area contributed by atoms with Crippen molar-refractivity contribution in [3.8, 4) is 10.6 Å². The summed E-state index contributed by atoms with van der Waals surface area (Å²) in [6.07, 6.45) is 0.578. The van der Waals surface area contributed by atoms with Gasteiger partial charge in [0, 0.05) is 11.6 Å². The van der Waals surface area contributed by atoms with Crippen LogP contribution in [0.5, 0.6) is 0 Å². The molecule has 0 aliphatic carbocycles. The Morgan fingerprint density at radius 2 is 2.15 bits per heavy atom. The minimum absolute atomic E-state index is 0.0355. The predicted molar refractivity (Wildman–Crippen MR) is 80.4 cm³/mol. The van der Waals surface area contributed by atoms with Crippen LogP contribution in [0.15, 0.2) is 34.4 Å². The molecule has 0 amide bonds. The smallest absolute Gasteiger partial charge is 0.308 e. The zero-order valence-electron chi connectivity index (χ0n) is 11.5. The van der Waals surface area contributed by atoms with E-state index >= 15 is 0 Å². The van der Waals surface area contributed by atoms with E-state index in [0.717, 1.165) is 17.0 Å². The molecule has 0 aromatic carbocycles. The molecule has 4 nitrogen and oxygen atoms in total. The number of hydrogen-bond acceptors (Lipinski definition) is 3. The Kier molecular flexibility index (Phi) is 4.39. The third-order valence-corrected chi connectivity index (χ3v) is 4.23. The van der Waals surface area contributed by atoms with E-state index in [1.165, 1.54) is 0 Å². The summed E-state index contributed by atoms with van der Waals surface area (Å²) < 4.78 is 1.71. The molecule has 1 atom stereocenters. The lowest BCUT2D eigenvalue weighted by atomic mass is 10.1. The van der Waals surface area contributed by atoms with Crippen molar-refractivity contribution in [1.82, 2.24) is 4.57 Å². The Labute approximate surface area is 121 Å². The van der Waals surface area contributed by atoms with Gasteiger partial charge in [-0.25, -0.2) is 0 Å². The number of rotatable bonds is 5. The van der Waals surface area contributed by atoms with E-state index < -0.39 is 5.97 Å². The van der Waals surface area contributed by atoms with Crippen LogP contribution in [0.4, 0.5) is 0 Å². The number of aliphatic carboxylic acids is 1. The first-order valence-electron chi connectivity index (χ1n) is 6.54. The molecule has 0 bridgehead atoms. The first-order chi connectivity index (χ1) is 9.54. The molecule has 1 unspecified atom stereocenters. The molecule has 2 heterocycles. The summed E-state index contributed by atoms with van der Waals surface area (Å²) in [7, 11) is 0. The largest absolute Gasteiger partial charge is 0.481 e. The summed E-state index contributed by atoms with van der Waals surface area (Å²) >= 11 is 1.57. The van der Waals surface area contributed by atoms with Gasteiger partial charge in [-0.3, -0.25) is 9.59 Å². The van der Waals surface area contributed by atoms with E-state index in [1.54, 1.807) is 22.0 Å². The van der Waals surface area contributed by atoms with Crippen molar-refractivity contribution in [3.63, 3.8) is 0 Å². The maximum atomic E-state index is 12.5. The highest BCUT2D eigenvalue weighted by atomic mass is 32.1. The molecule has 0 fully saturated rings. The maximum Gasteiger partial charge on any atom is 0.308 e. The van der Waals surface area contributed by atoms with Crippen molar-refractivity contribution < 1.29 is 9.90 Å². The molecule has 1 N–H and O–H groups in total. The van der Waals surface area contributed by atoms with Crippen LogP contribution in [-0.2, 0) is 11.2 Å². The van der Waals surface area contributed by atoms with Gasteiger partial charge < -0.3 is 9.67 Å². The van der Waals surface area contributed by atoms with Crippen molar-refractivity contribution in [2.45, 2.75) is 32.7 Å². The zero-order valence-corrected chi connectivity index (χ0v) is 12.3. The van der Waals surface area contributed by atoms with Crippen molar-refractivity contribution in [2.75, 3.05) is 0 Å². The maximum absolute atomic E-state index is 12.5. The van der Waals surface area contributed by atoms with Gasteiger partial charge in [-0.2, -0.15) is 0 Å². The average molecular weight is 291 g/mol. The van der Waals surface area contributed by atoms with Gasteiger partial charge in [-0.1, -0.05) is 19.1 Å².